The van der Waals surface area contributed by atoms with E-state index in [-0.39, 0.29) is 11.4 Å². The van der Waals surface area contributed by atoms with Crippen LogP contribution in [0.4, 0.5) is 45.5 Å². The molecule has 0 atom stereocenters. The summed E-state index contributed by atoms with van der Waals surface area (Å²) in [6.45, 7) is 1.89. The molecule has 284 valence electrons. The molecule has 5 aromatic carbocycles. The van der Waals surface area contributed by atoms with Gasteiger partial charge in [0.1, 0.15) is 15.5 Å². The Morgan fingerprint density at radius 2 is 1.36 bits per heavy atom. The summed E-state index contributed by atoms with van der Waals surface area (Å²) in [5.74, 6) is -1.15. The topological polar surface area (TPSA) is 295 Å². The number of nitro groups is 1. The van der Waals surface area contributed by atoms with Crippen LogP contribution in [0, 0.1) is 17.0 Å². The van der Waals surface area contributed by atoms with Crippen LogP contribution in [-0.2, 0) is 20.2 Å². The maximum atomic E-state index is 13.8. The lowest BCUT2D eigenvalue weighted by molar-refractivity contribution is -0.384. The minimum atomic E-state index is -5.14. The summed E-state index contributed by atoms with van der Waals surface area (Å²) in [7, 11) is -10.3. The monoisotopic (exact) mass is 813 g/mol. The Morgan fingerprint density at radius 1 is 0.768 bits per heavy atom. The van der Waals surface area contributed by atoms with Gasteiger partial charge in [-0.1, -0.05) is 11.8 Å². The summed E-state index contributed by atoms with van der Waals surface area (Å²) in [6.07, 6.45) is 0.764. The van der Waals surface area contributed by atoms with Crippen molar-refractivity contribution in [3.8, 4) is 0 Å². The number of aryl methyl sites for hydroxylation is 1. The quantitative estimate of drug-likeness (QED) is 0.0276. The molecule has 0 aromatic heterocycles. The standard InChI is InChI=1S/C35H27N9O9S3/c1-19-16-21(36)2-15-28(19)41-38-23-5-11-26(12-6-23)54-27-13-7-24(8-14-27)40-43-34-30(56(51,52)53)18-20-17-29(55(48,49)50)33(32(37)31(20)35(34)45)42-39-22-3-9-25(10-4-22)44(46)47/h2-18,40H,36-37H2,1H3,(H,48,49,50)(H,51,52,53)/b41-38?,42-39?,43-34+. The van der Waals surface area contributed by atoms with Gasteiger partial charge in [0.25, 0.3) is 25.9 Å². The Bertz CT molecular complexity index is 2750. The zero-order valence-electron chi connectivity index (χ0n) is 28.6. The van der Waals surface area contributed by atoms with Crippen molar-refractivity contribution < 1.29 is 35.7 Å². The number of nitrogens with zero attached hydrogens (tertiary/aromatic N) is 6. The highest BCUT2D eigenvalue weighted by molar-refractivity contribution is 7.99. The number of nitrogens with two attached hydrogens (primary N) is 2. The number of hydrazone groups is 1. The van der Waals surface area contributed by atoms with Crippen LogP contribution >= 0.6 is 11.8 Å². The highest BCUT2D eigenvalue weighted by Crippen LogP contribution is 2.41. The number of nitrogens with one attached hydrogen (secondary N) is 1. The van der Waals surface area contributed by atoms with E-state index in [9.17, 15) is 40.8 Å². The van der Waals surface area contributed by atoms with E-state index in [2.05, 4.69) is 31.0 Å². The molecule has 21 heteroatoms. The summed E-state index contributed by atoms with van der Waals surface area (Å²) < 4.78 is 69.5. The molecule has 0 bridgehead atoms. The maximum absolute atomic E-state index is 13.8. The minimum absolute atomic E-state index is 0.0198. The van der Waals surface area contributed by atoms with E-state index in [0.717, 1.165) is 39.6 Å². The van der Waals surface area contributed by atoms with Crippen LogP contribution in [0.2, 0.25) is 0 Å². The number of benzene rings is 5. The van der Waals surface area contributed by atoms with Crippen LogP contribution in [-0.4, -0.2) is 42.4 Å². The minimum Gasteiger partial charge on any atom is -0.399 e. The van der Waals surface area contributed by atoms with Gasteiger partial charge in [0.05, 0.1) is 38.9 Å². The molecule has 18 nitrogen and oxygen atoms in total. The summed E-state index contributed by atoms with van der Waals surface area (Å²) in [4.78, 5) is 23.9. The summed E-state index contributed by atoms with van der Waals surface area (Å²) >= 11 is 1.43. The maximum Gasteiger partial charge on any atom is 0.296 e. The number of hydrogen-bond donors (Lipinski definition) is 5. The number of rotatable bonds is 11. The average Bonchev–Trinajstić information content (AvgIpc) is 3.14. The predicted molar refractivity (Wildman–Crippen MR) is 210 cm³/mol. The summed E-state index contributed by atoms with van der Waals surface area (Å²) in [5, 5.41) is 31.1. The molecular formula is C35H27N9O9S3. The Morgan fingerprint density at radius 3 is 1.93 bits per heavy atom. The Labute approximate surface area is 322 Å². The molecule has 7 N–H and O–H groups in total. The number of Topliss-reactive ketones (excluding diaryl/α,β-unsaturated/α-hetero) is 1. The lowest BCUT2D eigenvalue weighted by Crippen LogP contribution is -2.28. The van der Waals surface area contributed by atoms with Crippen molar-refractivity contribution in [2.45, 2.75) is 21.6 Å². The van der Waals surface area contributed by atoms with Crippen molar-refractivity contribution in [2.75, 3.05) is 16.9 Å². The van der Waals surface area contributed by atoms with Crippen molar-refractivity contribution in [2.24, 2.45) is 25.6 Å². The number of anilines is 3. The van der Waals surface area contributed by atoms with Crippen LogP contribution in [0.25, 0.3) is 6.08 Å². The molecule has 0 amide bonds. The lowest BCUT2D eigenvalue weighted by atomic mass is 9.92. The zero-order valence-corrected chi connectivity index (χ0v) is 31.1. The third-order valence-electron chi connectivity index (χ3n) is 7.89. The largest absolute Gasteiger partial charge is 0.399 e. The second-order valence-corrected chi connectivity index (χ2v) is 15.7. The number of carbonyl (C=O) groups excluding carboxylic acids is 1. The van der Waals surface area contributed by atoms with Crippen molar-refractivity contribution >= 4 is 95.1 Å². The highest BCUT2D eigenvalue weighted by Gasteiger charge is 2.37. The van der Waals surface area contributed by atoms with Crippen molar-refractivity contribution in [3.05, 3.63) is 129 Å². The number of allylic oxidation sites excluding steroid dienone is 1. The lowest BCUT2D eigenvalue weighted by Gasteiger charge is -2.20. The number of carbonyl (C=O) groups is 1. The molecule has 0 heterocycles. The number of fused-ring (bicyclic) bond motifs is 1. The Balaban J connectivity index is 1.24. The summed E-state index contributed by atoms with van der Waals surface area (Å²) in [5.41, 5.74) is 14.6. The third-order valence-corrected chi connectivity index (χ3v) is 10.6. The van der Waals surface area contributed by atoms with Crippen LogP contribution in [0.15, 0.2) is 142 Å². The van der Waals surface area contributed by atoms with Gasteiger partial charge >= 0.3 is 0 Å². The Kier molecular flexibility index (Phi) is 10.9. The van der Waals surface area contributed by atoms with E-state index in [1.807, 2.05) is 37.3 Å². The van der Waals surface area contributed by atoms with E-state index in [1.54, 1.807) is 36.4 Å². The third kappa shape index (κ3) is 8.83. The predicted octanol–water partition coefficient (Wildman–Crippen LogP) is 8.19. The van der Waals surface area contributed by atoms with Gasteiger partial charge in [-0.3, -0.25) is 29.4 Å². The zero-order chi connectivity index (χ0) is 40.4. The van der Waals surface area contributed by atoms with E-state index >= 15 is 0 Å². The van der Waals surface area contributed by atoms with E-state index < -0.39 is 69.0 Å². The van der Waals surface area contributed by atoms with Gasteiger partial charge in [-0.05, 0) is 109 Å². The van der Waals surface area contributed by atoms with Crippen LogP contribution in [0.5, 0.6) is 0 Å². The van der Waals surface area contributed by atoms with Crippen molar-refractivity contribution in [1.29, 1.82) is 0 Å². The molecule has 5 aromatic rings. The molecule has 1 aliphatic carbocycles. The average molecular weight is 814 g/mol. The molecule has 0 spiro atoms. The molecule has 56 heavy (non-hydrogen) atoms. The first-order valence-corrected chi connectivity index (χ1v) is 19.5. The number of nitro benzene ring substituents is 1. The fourth-order valence-corrected chi connectivity index (χ4v) is 7.33. The highest BCUT2D eigenvalue weighted by atomic mass is 32.2. The molecule has 0 radical (unpaired) electrons. The molecular weight excluding hydrogens is 787 g/mol. The van der Waals surface area contributed by atoms with Gasteiger partial charge < -0.3 is 11.5 Å². The van der Waals surface area contributed by atoms with E-state index in [1.165, 1.54) is 23.9 Å². The molecule has 0 saturated heterocycles. The van der Waals surface area contributed by atoms with Gasteiger partial charge in [-0.15, -0.1) is 5.11 Å². The number of ketones is 1. The first-order valence-electron chi connectivity index (χ1n) is 15.8. The second kappa shape index (κ2) is 15.6. The number of hydrogen-bond acceptors (Lipinski definition) is 16. The fraction of sp³-hybridized carbons (Fsp3) is 0.0286. The van der Waals surface area contributed by atoms with E-state index in [4.69, 9.17) is 11.5 Å². The first-order chi connectivity index (χ1) is 26.5. The number of non-ortho nitro benzene ring substituents is 1. The molecule has 0 unspecified atom stereocenters. The van der Waals surface area contributed by atoms with Gasteiger partial charge in [0.15, 0.2) is 5.71 Å². The van der Waals surface area contributed by atoms with Crippen molar-refractivity contribution in [3.63, 3.8) is 0 Å². The van der Waals surface area contributed by atoms with Crippen LogP contribution < -0.4 is 16.9 Å². The first kappa shape index (κ1) is 39.1. The molecule has 0 fully saturated rings. The molecule has 0 saturated carbocycles. The second-order valence-electron chi connectivity index (χ2n) is 11.8. The molecule has 1 aliphatic rings. The normalized spacial score (nSPS) is 13.9. The van der Waals surface area contributed by atoms with Crippen molar-refractivity contribution in [1.82, 2.24) is 0 Å². The van der Waals surface area contributed by atoms with Gasteiger partial charge in [-0.25, -0.2) is 0 Å². The smallest absolute Gasteiger partial charge is 0.296 e. The van der Waals surface area contributed by atoms with Crippen LogP contribution in [0.3, 0.4) is 0 Å². The van der Waals surface area contributed by atoms with Gasteiger partial charge in [-0.2, -0.15) is 37.3 Å². The number of nitrogen functional groups attached to an aromatic ring is 2. The van der Waals surface area contributed by atoms with Gasteiger partial charge in [0.2, 0.25) is 5.78 Å². The van der Waals surface area contributed by atoms with Crippen LogP contribution in [0.1, 0.15) is 21.5 Å². The number of azo groups is 2. The molecule has 6 rings (SSSR count). The van der Waals surface area contributed by atoms with E-state index in [0.29, 0.717) is 22.7 Å². The molecule has 0 aliphatic heterocycles. The Hall–Kier alpha value is -6.65. The van der Waals surface area contributed by atoms with Gasteiger partial charge in [0, 0.05) is 27.6 Å². The summed E-state index contributed by atoms with van der Waals surface area (Å²) in [6, 6.07) is 24.8. The SMILES string of the molecule is Cc1cc(N)ccc1N=Nc1ccc(Sc2ccc(N/N=C3/C(=O)c4c(cc(S(=O)(=O)O)c(N=Nc5ccc([N+](=O)[O-])cc5)c4N)C=C3S(=O)(=O)O)cc2)cc1. The fourth-order valence-electron chi connectivity index (χ4n) is 5.18.